The van der Waals surface area contributed by atoms with Crippen LogP contribution in [0.25, 0.3) is 0 Å². The van der Waals surface area contributed by atoms with Crippen LogP contribution in [-0.4, -0.2) is 51.5 Å². The van der Waals surface area contributed by atoms with Gasteiger partial charge in [0.15, 0.2) is 0 Å². The van der Waals surface area contributed by atoms with Crippen LogP contribution >= 0.6 is 11.8 Å². The molecule has 2 fully saturated rings. The van der Waals surface area contributed by atoms with Gasteiger partial charge in [-0.05, 0) is 12.3 Å². The van der Waals surface area contributed by atoms with Crippen LogP contribution in [-0.2, 0) is 9.59 Å². The third kappa shape index (κ3) is 2.24. The van der Waals surface area contributed by atoms with E-state index in [0.29, 0.717) is 18.7 Å². The van der Waals surface area contributed by atoms with Crippen molar-refractivity contribution in [1.29, 1.82) is 0 Å². The Balaban J connectivity index is 2.08. The molecule has 0 aromatic rings. The maximum absolute atomic E-state index is 12.1. The topological polar surface area (TPSA) is 86.7 Å². The first-order chi connectivity index (χ1) is 8.00. The highest BCUT2D eigenvalue weighted by molar-refractivity contribution is 8.14. The quantitative estimate of drug-likeness (QED) is 0.735. The average Bonchev–Trinajstić information content (AvgIpc) is 2.83. The predicted molar refractivity (Wildman–Crippen MR) is 61.7 cm³/mol. The molecule has 3 atom stereocenters. The first-order valence-electron chi connectivity index (χ1n) is 5.47. The highest BCUT2D eigenvalue weighted by atomic mass is 32.2. The molecule has 0 spiro atoms. The molecule has 2 saturated heterocycles. The van der Waals surface area contributed by atoms with E-state index in [1.807, 2.05) is 6.92 Å². The monoisotopic (exact) mass is 258 g/mol. The number of thioether (sulfide) groups is 1. The number of rotatable bonds is 2. The average molecular weight is 258 g/mol. The number of likely N-dealkylation sites (tertiary alicyclic amines) is 1. The van der Waals surface area contributed by atoms with E-state index in [9.17, 15) is 14.4 Å². The molecular weight excluding hydrogens is 244 g/mol. The Morgan fingerprint density at radius 2 is 2.24 bits per heavy atom. The Morgan fingerprint density at radius 1 is 1.53 bits per heavy atom. The number of aliphatic carboxylic acids is 1. The molecule has 0 aliphatic carbocycles. The number of carbonyl (C=O) groups is 3. The van der Waals surface area contributed by atoms with Crippen molar-refractivity contribution < 1.29 is 19.5 Å². The largest absolute Gasteiger partial charge is 0.480 e. The first kappa shape index (κ1) is 12.2. The van der Waals surface area contributed by atoms with Gasteiger partial charge < -0.3 is 15.3 Å². The van der Waals surface area contributed by atoms with Crippen LogP contribution < -0.4 is 5.32 Å². The van der Waals surface area contributed by atoms with Gasteiger partial charge in [-0.15, -0.1) is 0 Å². The molecule has 0 aromatic carbocycles. The third-order valence-corrected chi connectivity index (χ3v) is 4.09. The van der Waals surface area contributed by atoms with Gasteiger partial charge in [-0.3, -0.25) is 9.59 Å². The van der Waals surface area contributed by atoms with Crippen molar-refractivity contribution in [2.45, 2.75) is 25.4 Å². The van der Waals surface area contributed by atoms with E-state index in [1.54, 1.807) is 0 Å². The second-order valence-electron chi connectivity index (χ2n) is 4.38. The highest BCUT2D eigenvalue weighted by Gasteiger charge is 2.43. The third-order valence-electron chi connectivity index (χ3n) is 3.21. The summed E-state index contributed by atoms with van der Waals surface area (Å²) in [6, 6.07) is -1.33. The van der Waals surface area contributed by atoms with Crippen molar-refractivity contribution in [3.05, 3.63) is 0 Å². The van der Waals surface area contributed by atoms with E-state index in [-0.39, 0.29) is 17.1 Å². The molecule has 2 heterocycles. The Labute approximate surface area is 103 Å². The SMILES string of the molecule is CC1CCN(C(=O)C2CSC(=O)N2)C1C(=O)O. The maximum atomic E-state index is 12.1. The molecule has 2 rings (SSSR count). The van der Waals surface area contributed by atoms with E-state index >= 15 is 0 Å². The molecule has 6 nitrogen and oxygen atoms in total. The zero-order valence-corrected chi connectivity index (χ0v) is 10.2. The van der Waals surface area contributed by atoms with Gasteiger partial charge in [0.1, 0.15) is 12.1 Å². The number of nitrogens with zero attached hydrogens (tertiary/aromatic N) is 1. The van der Waals surface area contributed by atoms with Crippen molar-refractivity contribution in [3.63, 3.8) is 0 Å². The number of carboxylic acids is 1. The molecule has 2 aliphatic heterocycles. The fourth-order valence-electron chi connectivity index (χ4n) is 2.29. The standard InChI is InChI=1S/C10H14N2O4S/c1-5-2-3-12(7(5)9(14)15)8(13)6-4-17-10(16)11-6/h5-7H,2-4H2,1H3,(H,11,16)(H,14,15). The lowest BCUT2D eigenvalue weighted by Gasteiger charge is -2.25. The Kier molecular flexibility index (Phi) is 3.28. The Bertz CT molecular complexity index is 373. The molecule has 2 N–H and O–H groups in total. The molecule has 2 aliphatic rings. The number of amides is 2. The van der Waals surface area contributed by atoms with Crippen LogP contribution in [0, 0.1) is 5.92 Å². The zero-order valence-electron chi connectivity index (χ0n) is 9.38. The van der Waals surface area contributed by atoms with Gasteiger partial charge in [0.2, 0.25) is 5.91 Å². The van der Waals surface area contributed by atoms with Crippen molar-refractivity contribution >= 4 is 28.9 Å². The summed E-state index contributed by atoms with van der Waals surface area (Å²) in [6.07, 6.45) is 0.691. The lowest BCUT2D eigenvalue weighted by molar-refractivity contribution is -0.149. The fraction of sp³-hybridized carbons (Fsp3) is 0.700. The van der Waals surface area contributed by atoms with Gasteiger partial charge in [0.05, 0.1) is 0 Å². The molecule has 17 heavy (non-hydrogen) atoms. The minimum Gasteiger partial charge on any atom is -0.480 e. The van der Waals surface area contributed by atoms with Gasteiger partial charge in [-0.25, -0.2) is 4.79 Å². The predicted octanol–water partition coefficient (Wildman–Crippen LogP) is 0.133. The molecular formula is C10H14N2O4S. The van der Waals surface area contributed by atoms with E-state index in [4.69, 9.17) is 5.11 Å². The van der Waals surface area contributed by atoms with E-state index < -0.39 is 18.1 Å². The number of carboxylic acid groups (broad SMARTS) is 1. The minimum atomic E-state index is -0.972. The van der Waals surface area contributed by atoms with Crippen molar-refractivity contribution in [1.82, 2.24) is 10.2 Å². The number of hydrogen-bond acceptors (Lipinski definition) is 4. The summed E-state index contributed by atoms with van der Waals surface area (Å²) in [7, 11) is 0. The molecule has 0 aromatic heterocycles. The van der Waals surface area contributed by atoms with Gasteiger partial charge in [-0.1, -0.05) is 18.7 Å². The summed E-state index contributed by atoms with van der Waals surface area (Å²) < 4.78 is 0. The van der Waals surface area contributed by atoms with Crippen LogP contribution in [0.5, 0.6) is 0 Å². The summed E-state index contributed by atoms with van der Waals surface area (Å²) in [5.41, 5.74) is 0. The molecule has 0 saturated carbocycles. The summed E-state index contributed by atoms with van der Waals surface area (Å²) in [4.78, 5) is 35.6. The second kappa shape index (κ2) is 4.56. The van der Waals surface area contributed by atoms with Crippen LogP contribution in [0.1, 0.15) is 13.3 Å². The molecule has 94 valence electrons. The molecule has 0 radical (unpaired) electrons. The van der Waals surface area contributed by atoms with Gasteiger partial charge >= 0.3 is 5.97 Å². The Morgan fingerprint density at radius 3 is 2.76 bits per heavy atom. The van der Waals surface area contributed by atoms with E-state index in [2.05, 4.69) is 5.32 Å². The summed E-state index contributed by atoms with van der Waals surface area (Å²) in [6.45, 7) is 2.28. The number of nitrogens with one attached hydrogen (secondary N) is 1. The normalized spacial score (nSPS) is 32.6. The summed E-state index contributed by atoms with van der Waals surface area (Å²) in [5.74, 6) is -0.906. The van der Waals surface area contributed by atoms with E-state index in [0.717, 1.165) is 11.8 Å². The van der Waals surface area contributed by atoms with Crippen molar-refractivity contribution in [3.8, 4) is 0 Å². The lowest BCUT2D eigenvalue weighted by Crippen LogP contribution is -2.50. The van der Waals surface area contributed by atoms with E-state index in [1.165, 1.54) is 4.90 Å². The first-order valence-corrected chi connectivity index (χ1v) is 6.46. The fourth-order valence-corrected chi connectivity index (χ4v) is 3.06. The molecule has 7 heteroatoms. The zero-order chi connectivity index (χ0) is 12.6. The van der Waals surface area contributed by atoms with Crippen molar-refractivity contribution in [2.24, 2.45) is 5.92 Å². The maximum Gasteiger partial charge on any atom is 0.326 e. The smallest absolute Gasteiger partial charge is 0.326 e. The molecule has 0 bridgehead atoms. The van der Waals surface area contributed by atoms with Gasteiger partial charge in [0, 0.05) is 12.3 Å². The number of hydrogen-bond donors (Lipinski definition) is 2. The summed E-state index contributed by atoms with van der Waals surface area (Å²) >= 11 is 1.06. The second-order valence-corrected chi connectivity index (χ2v) is 5.37. The summed E-state index contributed by atoms with van der Waals surface area (Å²) in [5, 5.41) is 11.4. The number of carbonyl (C=O) groups excluding carboxylic acids is 2. The molecule has 2 amide bonds. The Hall–Kier alpha value is -1.24. The molecule has 3 unspecified atom stereocenters. The van der Waals surface area contributed by atoms with Crippen LogP contribution in [0.4, 0.5) is 4.79 Å². The minimum absolute atomic E-state index is 0.0405. The van der Waals surface area contributed by atoms with Gasteiger partial charge in [-0.2, -0.15) is 0 Å². The van der Waals surface area contributed by atoms with Crippen LogP contribution in [0.3, 0.4) is 0 Å². The van der Waals surface area contributed by atoms with Crippen LogP contribution in [0.15, 0.2) is 0 Å². The highest BCUT2D eigenvalue weighted by Crippen LogP contribution is 2.26. The lowest BCUT2D eigenvalue weighted by atomic mass is 10.0. The van der Waals surface area contributed by atoms with Crippen molar-refractivity contribution in [2.75, 3.05) is 12.3 Å². The van der Waals surface area contributed by atoms with Gasteiger partial charge in [0.25, 0.3) is 5.24 Å². The van der Waals surface area contributed by atoms with Crippen LogP contribution in [0.2, 0.25) is 0 Å².